The van der Waals surface area contributed by atoms with Gasteiger partial charge in [-0.05, 0) is 84.0 Å². The van der Waals surface area contributed by atoms with Gasteiger partial charge in [0.05, 0.1) is 30.3 Å². The number of anilines is 2. The minimum absolute atomic E-state index is 0.0470. The molecule has 49 heavy (non-hydrogen) atoms. The molecule has 2 aromatic carbocycles. The van der Waals surface area contributed by atoms with E-state index in [2.05, 4.69) is 31.9 Å². The first-order valence-corrected chi connectivity index (χ1v) is 15.2. The van der Waals surface area contributed by atoms with Crippen LogP contribution in [0.15, 0.2) is 48.8 Å². The van der Waals surface area contributed by atoms with Crippen LogP contribution in [0, 0.1) is 11.3 Å². The number of carbonyl (C=O) groups excluding carboxylic acids is 1. The Morgan fingerprint density at radius 3 is 2.41 bits per heavy atom. The first-order chi connectivity index (χ1) is 23.2. The molecule has 2 aromatic heterocycles. The average Bonchev–Trinajstić information content (AvgIpc) is 3.61. The van der Waals surface area contributed by atoms with Crippen LogP contribution in [0.1, 0.15) is 51.9 Å². The van der Waals surface area contributed by atoms with Gasteiger partial charge in [-0.15, -0.1) is 10.2 Å². The first kappa shape index (κ1) is 33.9. The van der Waals surface area contributed by atoms with Gasteiger partial charge in [0.1, 0.15) is 23.5 Å². The molecule has 2 N–H and O–H groups in total. The van der Waals surface area contributed by atoms with Crippen molar-refractivity contribution in [3.63, 3.8) is 0 Å². The third-order valence-electron chi connectivity index (χ3n) is 8.71. The Kier molecular flexibility index (Phi) is 8.84. The van der Waals surface area contributed by atoms with Crippen molar-refractivity contribution in [3.8, 4) is 28.6 Å². The fraction of sp³-hybridized carbons (Fsp3) is 0.364. The van der Waals surface area contributed by atoms with E-state index in [1.54, 1.807) is 7.05 Å². The predicted molar refractivity (Wildman–Crippen MR) is 166 cm³/mol. The molecule has 1 aliphatic heterocycles. The Morgan fingerprint density at radius 1 is 1.02 bits per heavy atom. The molecular weight excluding hydrogens is 654 g/mol. The molecule has 1 amide bonds. The van der Waals surface area contributed by atoms with Gasteiger partial charge in [0.2, 0.25) is 0 Å². The Morgan fingerprint density at radius 2 is 1.80 bits per heavy atom. The van der Waals surface area contributed by atoms with Crippen molar-refractivity contribution in [2.24, 2.45) is 7.05 Å². The Bertz CT molecular complexity index is 1940. The standard InChI is InChI=1S/C33H30F6N8O2/c1-46-18-42-45-29(46)22-5-4-21(32(34,35)36)14-23(22)20-12-27(44-31(17-40)6-3-7-31)43-28(13-20)47-16-25-24(30(47)48)10-19(15-41-8-9-49-2)11-26(25)33(37,38)39/h4-5,10-14,18,41H,3,6-9,15-16H2,1-2H3,(H,43,44). The number of pyridine rings is 1. The van der Waals surface area contributed by atoms with Gasteiger partial charge >= 0.3 is 12.4 Å². The second-order valence-corrected chi connectivity index (χ2v) is 12.0. The molecule has 0 saturated heterocycles. The number of amides is 1. The number of nitrogens with zero attached hydrogens (tertiary/aromatic N) is 6. The number of methoxy groups -OCH3 is 1. The number of alkyl halides is 6. The van der Waals surface area contributed by atoms with Gasteiger partial charge in [0, 0.05) is 38.4 Å². The number of hydrogen-bond acceptors (Lipinski definition) is 8. The Labute approximate surface area is 276 Å². The molecule has 16 heteroatoms. The zero-order valence-corrected chi connectivity index (χ0v) is 26.3. The molecule has 0 unspecified atom stereocenters. The average molecular weight is 685 g/mol. The first-order valence-electron chi connectivity index (χ1n) is 15.2. The monoisotopic (exact) mass is 684 g/mol. The van der Waals surface area contributed by atoms with E-state index in [1.165, 1.54) is 42.3 Å². The van der Waals surface area contributed by atoms with E-state index < -0.39 is 41.5 Å². The van der Waals surface area contributed by atoms with E-state index in [-0.39, 0.29) is 57.4 Å². The molecule has 0 spiro atoms. The number of carbonyl (C=O) groups is 1. The van der Waals surface area contributed by atoms with Gasteiger partial charge in [0.15, 0.2) is 5.82 Å². The van der Waals surface area contributed by atoms with Crippen LogP contribution in [-0.4, -0.2) is 51.5 Å². The lowest BCUT2D eigenvalue weighted by Crippen LogP contribution is -2.43. The number of nitriles is 1. The molecule has 10 nitrogen and oxygen atoms in total. The number of aromatic nitrogens is 4. The molecule has 6 rings (SSSR count). The van der Waals surface area contributed by atoms with Crippen LogP contribution in [0.4, 0.5) is 38.0 Å². The number of ether oxygens (including phenoxy) is 1. The molecule has 3 heterocycles. The predicted octanol–water partition coefficient (Wildman–Crippen LogP) is 6.34. The summed E-state index contributed by atoms with van der Waals surface area (Å²) >= 11 is 0. The highest BCUT2D eigenvalue weighted by Crippen LogP contribution is 2.43. The van der Waals surface area contributed by atoms with E-state index >= 15 is 0 Å². The minimum atomic E-state index is -4.78. The second kappa shape index (κ2) is 12.8. The molecular formula is C33H30F6N8O2. The maximum Gasteiger partial charge on any atom is 0.416 e. The summed E-state index contributed by atoms with van der Waals surface area (Å²) < 4.78 is 91.6. The van der Waals surface area contributed by atoms with Crippen LogP contribution in [0.25, 0.3) is 22.5 Å². The van der Waals surface area contributed by atoms with Gasteiger partial charge in [-0.25, -0.2) is 4.98 Å². The molecule has 1 saturated carbocycles. The van der Waals surface area contributed by atoms with Crippen molar-refractivity contribution in [2.45, 2.75) is 50.2 Å². The smallest absolute Gasteiger partial charge is 0.383 e. The van der Waals surface area contributed by atoms with Gasteiger partial charge in [0.25, 0.3) is 5.91 Å². The molecule has 0 radical (unpaired) electrons. The number of fused-ring (bicyclic) bond motifs is 1. The van der Waals surface area contributed by atoms with Crippen molar-refractivity contribution >= 4 is 17.5 Å². The van der Waals surface area contributed by atoms with Crippen molar-refractivity contribution in [1.29, 1.82) is 5.26 Å². The van der Waals surface area contributed by atoms with Crippen LogP contribution in [0.3, 0.4) is 0 Å². The van der Waals surface area contributed by atoms with Gasteiger partial charge in [-0.2, -0.15) is 31.6 Å². The summed E-state index contributed by atoms with van der Waals surface area (Å²) in [5.74, 6) is -0.554. The summed E-state index contributed by atoms with van der Waals surface area (Å²) in [5, 5.41) is 23.9. The lowest BCUT2D eigenvalue weighted by Gasteiger charge is -2.36. The minimum Gasteiger partial charge on any atom is -0.383 e. The highest BCUT2D eigenvalue weighted by molar-refractivity contribution is 6.10. The van der Waals surface area contributed by atoms with Crippen LogP contribution in [-0.2, 0) is 37.2 Å². The number of hydrogen-bond donors (Lipinski definition) is 2. The number of rotatable bonds is 10. The number of benzene rings is 2. The fourth-order valence-electron chi connectivity index (χ4n) is 6.01. The summed E-state index contributed by atoms with van der Waals surface area (Å²) in [5.41, 5.74) is -2.62. The molecule has 0 atom stereocenters. The highest BCUT2D eigenvalue weighted by atomic mass is 19.4. The molecule has 4 aromatic rings. The normalized spacial score (nSPS) is 15.6. The number of halogens is 6. The summed E-state index contributed by atoms with van der Waals surface area (Å²) in [6, 6.07) is 10.5. The second-order valence-electron chi connectivity index (χ2n) is 12.0. The zero-order valence-electron chi connectivity index (χ0n) is 26.3. The van der Waals surface area contributed by atoms with E-state index in [0.29, 0.717) is 26.0 Å². The van der Waals surface area contributed by atoms with Crippen molar-refractivity contribution < 1.29 is 35.9 Å². The third kappa shape index (κ3) is 6.68. The molecule has 1 aliphatic carbocycles. The van der Waals surface area contributed by atoms with Crippen LogP contribution in [0.5, 0.6) is 0 Å². The van der Waals surface area contributed by atoms with Crippen LogP contribution >= 0.6 is 0 Å². The van der Waals surface area contributed by atoms with Crippen LogP contribution < -0.4 is 15.5 Å². The Balaban J connectivity index is 1.49. The van der Waals surface area contributed by atoms with E-state index in [1.807, 2.05) is 0 Å². The lowest BCUT2D eigenvalue weighted by atomic mass is 9.78. The third-order valence-corrected chi connectivity index (χ3v) is 8.71. The van der Waals surface area contributed by atoms with Gasteiger partial charge in [-0.1, -0.05) is 0 Å². The molecule has 256 valence electrons. The van der Waals surface area contributed by atoms with Gasteiger partial charge in [-0.3, -0.25) is 9.69 Å². The van der Waals surface area contributed by atoms with Crippen LogP contribution in [0.2, 0.25) is 0 Å². The molecule has 0 bridgehead atoms. The maximum absolute atomic E-state index is 14.4. The SMILES string of the molecule is COCCNCc1cc2c(c(C(F)(F)F)c1)CN(c1cc(-c3cc(C(F)(F)F)ccc3-c3nncn3C)cc(NC3(C#N)CCC3)n1)C2=O. The molecule has 2 aliphatic rings. The summed E-state index contributed by atoms with van der Waals surface area (Å²) in [6.45, 7) is 0.265. The van der Waals surface area contributed by atoms with Crippen molar-refractivity contribution in [1.82, 2.24) is 25.1 Å². The maximum atomic E-state index is 14.4. The zero-order chi connectivity index (χ0) is 35.1. The van der Waals surface area contributed by atoms with E-state index in [9.17, 15) is 36.4 Å². The van der Waals surface area contributed by atoms with Crippen molar-refractivity contribution in [2.75, 3.05) is 30.5 Å². The largest absolute Gasteiger partial charge is 0.416 e. The number of aryl methyl sites for hydroxylation is 1. The van der Waals surface area contributed by atoms with Crippen molar-refractivity contribution in [3.05, 3.63) is 76.6 Å². The lowest BCUT2D eigenvalue weighted by molar-refractivity contribution is -0.138. The topological polar surface area (TPSA) is 121 Å². The van der Waals surface area contributed by atoms with Gasteiger partial charge < -0.3 is 19.9 Å². The van der Waals surface area contributed by atoms with E-state index in [4.69, 9.17) is 4.74 Å². The molecule has 1 fully saturated rings. The highest BCUT2D eigenvalue weighted by Gasteiger charge is 2.42. The summed E-state index contributed by atoms with van der Waals surface area (Å²) in [6.07, 6.45) is -6.41. The Hall–Kier alpha value is -5.01. The van der Waals surface area contributed by atoms with E-state index in [0.717, 1.165) is 29.5 Å². The quantitative estimate of drug-likeness (QED) is 0.147. The summed E-state index contributed by atoms with van der Waals surface area (Å²) in [4.78, 5) is 19.5. The number of nitrogens with one attached hydrogen (secondary N) is 2. The summed E-state index contributed by atoms with van der Waals surface area (Å²) in [7, 11) is 3.11. The fourth-order valence-corrected chi connectivity index (χ4v) is 6.01.